The Hall–Kier alpha value is -2.90. The number of nitrogens with zero attached hydrogens (tertiary/aromatic N) is 1. The van der Waals surface area contributed by atoms with E-state index in [1.54, 1.807) is 45.9 Å². The highest BCUT2D eigenvalue weighted by Gasteiger charge is 2.40. The predicted octanol–water partition coefficient (Wildman–Crippen LogP) is 1.56. The number of piperidine rings is 1. The van der Waals surface area contributed by atoms with Crippen LogP contribution in [0.3, 0.4) is 0 Å². The van der Waals surface area contributed by atoms with Gasteiger partial charge in [-0.1, -0.05) is 6.07 Å². The minimum atomic E-state index is -0.856. The zero-order valence-electron chi connectivity index (χ0n) is 16.4. The first-order valence-electron chi connectivity index (χ1n) is 9.23. The van der Waals surface area contributed by atoms with E-state index in [0.717, 1.165) is 0 Å². The zero-order valence-corrected chi connectivity index (χ0v) is 16.4. The highest BCUT2D eigenvalue weighted by atomic mass is 16.6. The number of nitrogens with one attached hydrogen (secondary N) is 1. The van der Waals surface area contributed by atoms with Crippen LogP contribution in [0.4, 0.5) is 0 Å². The van der Waals surface area contributed by atoms with Crippen LogP contribution in [0.5, 0.6) is 5.75 Å². The number of benzene rings is 1. The number of hydrogen-bond donors (Lipinski definition) is 1. The number of rotatable bonds is 4. The normalized spacial score (nSPS) is 20.5. The highest BCUT2D eigenvalue weighted by Crippen LogP contribution is 2.34. The molecule has 2 heterocycles. The van der Waals surface area contributed by atoms with E-state index in [4.69, 9.17) is 9.47 Å². The summed E-state index contributed by atoms with van der Waals surface area (Å²) in [5.74, 6) is -1.20. The Labute approximate surface area is 163 Å². The number of ether oxygens (including phenoxy) is 2. The standard InChI is InChI=1S/C20H24N2O6/c1-11(19(26)28-20(2,3)4)27-15-7-5-6-12-13(15)10-22(18(12)25)14-8-9-16(23)21-17(14)24/h5-7,11,14H,8-10H2,1-4H3,(H,21,23,24)/t11?,14-/m1/s1. The molecule has 1 fully saturated rings. The second-order valence-corrected chi connectivity index (χ2v) is 7.98. The van der Waals surface area contributed by atoms with Crippen LogP contribution in [0.1, 0.15) is 56.5 Å². The van der Waals surface area contributed by atoms with Crippen molar-refractivity contribution in [2.45, 2.75) is 64.8 Å². The number of esters is 1. The van der Waals surface area contributed by atoms with Gasteiger partial charge in [-0.25, -0.2) is 4.79 Å². The van der Waals surface area contributed by atoms with E-state index in [1.165, 1.54) is 4.90 Å². The van der Waals surface area contributed by atoms with E-state index < -0.39 is 29.6 Å². The maximum absolute atomic E-state index is 12.8. The van der Waals surface area contributed by atoms with Gasteiger partial charge in [-0.05, 0) is 46.2 Å². The smallest absolute Gasteiger partial charge is 0.347 e. The van der Waals surface area contributed by atoms with Gasteiger partial charge in [0.1, 0.15) is 17.4 Å². The largest absolute Gasteiger partial charge is 0.479 e. The monoisotopic (exact) mass is 388 g/mol. The van der Waals surface area contributed by atoms with Crippen molar-refractivity contribution in [2.24, 2.45) is 0 Å². The molecule has 3 amide bonds. The average Bonchev–Trinajstić information content (AvgIpc) is 2.91. The molecule has 1 saturated heterocycles. The van der Waals surface area contributed by atoms with Crippen molar-refractivity contribution in [1.29, 1.82) is 0 Å². The number of fused-ring (bicyclic) bond motifs is 1. The lowest BCUT2D eigenvalue weighted by atomic mass is 10.0. The van der Waals surface area contributed by atoms with Crippen LogP contribution in [-0.2, 0) is 25.7 Å². The summed E-state index contributed by atoms with van der Waals surface area (Å²) in [6, 6.07) is 4.31. The van der Waals surface area contributed by atoms with Gasteiger partial charge in [0.2, 0.25) is 11.8 Å². The fraction of sp³-hybridized carbons (Fsp3) is 0.500. The van der Waals surface area contributed by atoms with E-state index in [-0.39, 0.29) is 31.2 Å². The highest BCUT2D eigenvalue weighted by molar-refractivity contribution is 6.05. The minimum absolute atomic E-state index is 0.178. The lowest BCUT2D eigenvalue weighted by Crippen LogP contribution is -2.52. The summed E-state index contributed by atoms with van der Waals surface area (Å²) in [5.41, 5.74) is 0.414. The van der Waals surface area contributed by atoms with Gasteiger partial charge in [-0.3, -0.25) is 19.7 Å². The van der Waals surface area contributed by atoms with Crippen LogP contribution in [0.25, 0.3) is 0 Å². The summed E-state index contributed by atoms with van der Waals surface area (Å²) in [6.07, 6.45) is -0.379. The molecule has 1 aromatic carbocycles. The number of carbonyl (C=O) groups is 4. The Balaban J connectivity index is 1.78. The maximum atomic E-state index is 12.8. The molecule has 0 bridgehead atoms. The van der Waals surface area contributed by atoms with Crippen LogP contribution in [0.15, 0.2) is 18.2 Å². The topological polar surface area (TPSA) is 102 Å². The van der Waals surface area contributed by atoms with Crippen LogP contribution >= 0.6 is 0 Å². The summed E-state index contributed by atoms with van der Waals surface area (Å²) in [4.78, 5) is 50.0. The molecule has 0 radical (unpaired) electrons. The minimum Gasteiger partial charge on any atom is -0.479 e. The van der Waals surface area contributed by atoms with E-state index >= 15 is 0 Å². The van der Waals surface area contributed by atoms with Gasteiger partial charge in [0.15, 0.2) is 6.10 Å². The molecule has 150 valence electrons. The van der Waals surface area contributed by atoms with Crippen LogP contribution < -0.4 is 10.1 Å². The Morgan fingerprint density at radius 2 is 1.96 bits per heavy atom. The van der Waals surface area contributed by atoms with Crippen molar-refractivity contribution in [3.63, 3.8) is 0 Å². The second-order valence-electron chi connectivity index (χ2n) is 7.98. The molecule has 3 rings (SSSR count). The van der Waals surface area contributed by atoms with E-state index in [1.807, 2.05) is 0 Å². The Bertz CT molecular complexity index is 842. The van der Waals surface area contributed by atoms with Gasteiger partial charge < -0.3 is 14.4 Å². The van der Waals surface area contributed by atoms with Crippen molar-refractivity contribution in [3.8, 4) is 5.75 Å². The number of imide groups is 1. The molecule has 8 nitrogen and oxygen atoms in total. The van der Waals surface area contributed by atoms with E-state index in [9.17, 15) is 19.2 Å². The second kappa shape index (κ2) is 7.26. The third kappa shape index (κ3) is 4.00. The van der Waals surface area contributed by atoms with Gasteiger partial charge in [0.25, 0.3) is 5.91 Å². The van der Waals surface area contributed by atoms with Crippen molar-refractivity contribution < 1.29 is 28.7 Å². The van der Waals surface area contributed by atoms with Crippen LogP contribution in [0, 0.1) is 0 Å². The SMILES string of the molecule is CC(Oc1cccc2c1CN([C@@H]1CCC(=O)NC1=O)C2=O)C(=O)OC(C)(C)C. The maximum Gasteiger partial charge on any atom is 0.347 e. The molecule has 0 aromatic heterocycles. The van der Waals surface area contributed by atoms with Crippen LogP contribution in [-0.4, -0.2) is 46.3 Å². The first-order chi connectivity index (χ1) is 13.1. The molecule has 28 heavy (non-hydrogen) atoms. The quantitative estimate of drug-likeness (QED) is 0.620. The number of carbonyl (C=O) groups excluding carboxylic acids is 4. The predicted molar refractivity (Wildman–Crippen MR) is 98.4 cm³/mol. The Morgan fingerprint density at radius 1 is 1.25 bits per heavy atom. The zero-order chi connectivity index (χ0) is 20.6. The lowest BCUT2D eigenvalue weighted by Gasteiger charge is -2.29. The molecule has 8 heteroatoms. The van der Waals surface area contributed by atoms with Gasteiger partial charge in [0.05, 0.1) is 6.54 Å². The van der Waals surface area contributed by atoms with Crippen molar-refractivity contribution >= 4 is 23.7 Å². The van der Waals surface area contributed by atoms with Gasteiger partial charge in [-0.15, -0.1) is 0 Å². The molecule has 0 aliphatic carbocycles. The summed E-state index contributed by atoms with van der Waals surface area (Å²) in [6.45, 7) is 7.08. The molecular formula is C20H24N2O6. The molecule has 2 aliphatic rings. The molecule has 1 unspecified atom stereocenters. The Morgan fingerprint density at radius 3 is 2.61 bits per heavy atom. The summed E-state index contributed by atoms with van der Waals surface area (Å²) < 4.78 is 11.1. The van der Waals surface area contributed by atoms with Gasteiger partial charge in [0, 0.05) is 17.5 Å². The molecule has 2 aliphatic heterocycles. The third-order valence-corrected chi connectivity index (χ3v) is 4.58. The Kier molecular flexibility index (Phi) is 5.14. The van der Waals surface area contributed by atoms with Crippen molar-refractivity contribution in [2.75, 3.05) is 0 Å². The fourth-order valence-electron chi connectivity index (χ4n) is 3.29. The summed E-state index contributed by atoms with van der Waals surface area (Å²) >= 11 is 0. The molecule has 0 spiro atoms. The number of amides is 3. The molecule has 1 aromatic rings. The fourth-order valence-corrected chi connectivity index (χ4v) is 3.29. The summed E-state index contributed by atoms with van der Waals surface area (Å²) in [7, 11) is 0. The number of hydrogen-bond acceptors (Lipinski definition) is 6. The molecular weight excluding hydrogens is 364 g/mol. The lowest BCUT2D eigenvalue weighted by molar-refractivity contribution is -0.162. The molecule has 2 atom stereocenters. The average molecular weight is 388 g/mol. The molecule has 1 N–H and O–H groups in total. The van der Waals surface area contributed by atoms with Gasteiger partial charge in [-0.2, -0.15) is 0 Å². The molecule has 0 saturated carbocycles. The van der Waals surface area contributed by atoms with Crippen molar-refractivity contribution in [3.05, 3.63) is 29.3 Å². The van der Waals surface area contributed by atoms with Crippen LogP contribution in [0.2, 0.25) is 0 Å². The van der Waals surface area contributed by atoms with Crippen molar-refractivity contribution in [1.82, 2.24) is 10.2 Å². The first-order valence-corrected chi connectivity index (χ1v) is 9.23. The third-order valence-electron chi connectivity index (χ3n) is 4.58. The van der Waals surface area contributed by atoms with Gasteiger partial charge >= 0.3 is 5.97 Å². The van der Waals surface area contributed by atoms with E-state index in [2.05, 4.69) is 5.32 Å². The summed E-state index contributed by atoms with van der Waals surface area (Å²) in [5, 5.41) is 2.27. The van der Waals surface area contributed by atoms with E-state index in [0.29, 0.717) is 16.9 Å². The first kappa shape index (κ1) is 19.9.